The molecule has 0 spiro atoms. The van der Waals surface area contributed by atoms with Gasteiger partial charge < -0.3 is 12.9 Å². The van der Waals surface area contributed by atoms with E-state index < -0.39 is 23.3 Å². The molecule has 0 N–H and O–H groups in total. The van der Waals surface area contributed by atoms with Gasteiger partial charge in [-0.3, -0.25) is 0 Å². The Hall–Kier alpha value is 1.22. The Morgan fingerprint density at radius 2 is 1.57 bits per heavy atom. The topological polar surface area (TPSA) is 0 Å². The van der Waals surface area contributed by atoms with Crippen LogP contribution in [0.3, 0.4) is 0 Å². The second kappa shape index (κ2) is 5.52. The number of hydrogen-bond donors (Lipinski definition) is 0. The quantitative estimate of drug-likeness (QED) is 0.388. The first-order chi connectivity index (χ1) is 5.84. The summed E-state index contributed by atoms with van der Waals surface area (Å²) in [6.45, 7) is -5.38. The molecule has 14 heavy (non-hydrogen) atoms. The van der Waals surface area contributed by atoms with E-state index in [9.17, 15) is 17.3 Å². The smallest absolute Gasteiger partial charge is 0.445 e. The van der Waals surface area contributed by atoms with Crippen LogP contribution in [0.1, 0.15) is 0 Å². The van der Waals surface area contributed by atoms with Crippen molar-refractivity contribution in [2.75, 3.05) is 0 Å². The van der Waals surface area contributed by atoms with Gasteiger partial charge in [0.2, 0.25) is 0 Å². The molecule has 1 aromatic carbocycles. The Balaban J connectivity index is 0.00000169. The van der Waals surface area contributed by atoms with Crippen LogP contribution in [-0.2, 0) is 0 Å². The van der Waals surface area contributed by atoms with Crippen LogP contribution >= 0.6 is 23.2 Å². The largest absolute Gasteiger partial charge is 1.00 e. The second-order valence-corrected chi connectivity index (χ2v) is 3.12. The van der Waals surface area contributed by atoms with Crippen molar-refractivity contribution in [1.29, 1.82) is 0 Å². The molecular formula is C6H2BCl2F4K. The maximum Gasteiger partial charge on any atom is 1.00 e. The zero-order valence-electron chi connectivity index (χ0n) is 7.00. The van der Waals surface area contributed by atoms with Crippen molar-refractivity contribution >= 4 is 35.6 Å². The third kappa shape index (κ3) is 3.37. The molecule has 0 saturated carbocycles. The summed E-state index contributed by atoms with van der Waals surface area (Å²) in [5, 5.41) is -0.929. The van der Waals surface area contributed by atoms with Crippen LogP contribution in [-0.4, -0.2) is 6.98 Å². The Bertz CT molecular complexity index is 341. The van der Waals surface area contributed by atoms with E-state index in [1.165, 1.54) is 0 Å². The van der Waals surface area contributed by atoms with Crippen LogP contribution in [0, 0.1) is 5.82 Å². The molecule has 1 rings (SSSR count). The normalized spacial score (nSPS) is 11.0. The number of benzene rings is 1. The third-order valence-corrected chi connectivity index (χ3v) is 2.20. The molecule has 0 bridgehead atoms. The molecule has 0 aliphatic rings. The summed E-state index contributed by atoms with van der Waals surface area (Å²) in [6.07, 6.45) is 0. The Labute approximate surface area is 130 Å². The van der Waals surface area contributed by atoms with Gasteiger partial charge in [-0.05, 0) is 6.07 Å². The Morgan fingerprint density at radius 1 is 1.07 bits per heavy atom. The molecule has 0 amide bonds. The minimum Gasteiger partial charge on any atom is -0.445 e. The van der Waals surface area contributed by atoms with Gasteiger partial charge in [0, 0.05) is 0 Å². The van der Waals surface area contributed by atoms with Gasteiger partial charge in [-0.15, -0.1) is 0 Å². The van der Waals surface area contributed by atoms with E-state index in [1.54, 1.807) is 0 Å². The van der Waals surface area contributed by atoms with Gasteiger partial charge in [0.15, 0.2) is 0 Å². The van der Waals surface area contributed by atoms with Crippen LogP contribution in [0.25, 0.3) is 0 Å². The fourth-order valence-corrected chi connectivity index (χ4v) is 1.11. The van der Waals surface area contributed by atoms with E-state index in [0.29, 0.717) is 6.07 Å². The van der Waals surface area contributed by atoms with Crippen molar-refractivity contribution in [2.45, 2.75) is 0 Å². The van der Waals surface area contributed by atoms with Gasteiger partial charge in [0.25, 0.3) is 0 Å². The summed E-state index contributed by atoms with van der Waals surface area (Å²) < 4.78 is 49.1. The molecule has 8 heteroatoms. The van der Waals surface area contributed by atoms with Gasteiger partial charge in [0.05, 0.1) is 10.0 Å². The molecule has 1 aromatic rings. The minimum absolute atomic E-state index is 0. The van der Waals surface area contributed by atoms with Crippen LogP contribution in [0.4, 0.5) is 17.3 Å². The molecule has 0 fully saturated rings. The van der Waals surface area contributed by atoms with Gasteiger partial charge in [0.1, 0.15) is 5.82 Å². The minimum atomic E-state index is -5.38. The molecule has 0 unspecified atom stereocenters. The van der Waals surface area contributed by atoms with E-state index >= 15 is 0 Å². The molecule has 0 nitrogen and oxygen atoms in total. The van der Waals surface area contributed by atoms with Crippen molar-refractivity contribution in [3.8, 4) is 0 Å². The van der Waals surface area contributed by atoms with E-state index in [-0.39, 0.29) is 56.4 Å². The average molecular weight is 271 g/mol. The maximum atomic E-state index is 12.8. The molecular weight excluding hydrogens is 269 g/mol. The number of halogens is 6. The summed E-state index contributed by atoms with van der Waals surface area (Å²) in [4.78, 5) is 0. The van der Waals surface area contributed by atoms with Crippen molar-refractivity contribution in [3.63, 3.8) is 0 Å². The molecule has 0 saturated heterocycles. The number of rotatable bonds is 1. The second-order valence-electron chi connectivity index (χ2n) is 2.34. The van der Waals surface area contributed by atoms with Crippen molar-refractivity contribution < 1.29 is 68.7 Å². The summed E-state index contributed by atoms with van der Waals surface area (Å²) in [5.74, 6) is -1.51. The molecule has 72 valence electrons. The zero-order valence-corrected chi connectivity index (χ0v) is 11.6. The first-order valence-electron chi connectivity index (χ1n) is 3.17. The third-order valence-electron chi connectivity index (χ3n) is 1.42. The van der Waals surface area contributed by atoms with E-state index in [0.717, 1.165) is 6.07 Å². The van der Waals surface area contributed by atoms with Crippen LogP contribution in [0.2, 0.25) is 10.0 Å². The molecule has 0 atom stereocenters. The Kier molecular flexibility index (Phi) is 6.00. The summed E-state index contributed by atoms with van der Waals surface area (Å²) in [7, 11) is 0. The SMILES string of the molecule is Fc1c([B-](F)(F)F)ccc(Cl)c1Cl.[K+]. The van der Waals surface area contributed by atoms with Gasteiger partial charge >= 0.3 is 58.4 Å². The molecule has 0 aliphatic heterocycles. The zero-order chi connectivity index (χ0) is 10.2. The predicted octanol–water partition coefficient (Wildman–Crippen LogP) is 0.191. The fraction of sp³-hybridized carbons (Fsp3) is 0. The van der Waals surface area contributed by atoms with Crippen molar-refractivity contribution in [1.82, 2.24) is 0 Å². The van der Waals surface area contributed by atoms with Crippen LogP contribution < -0.4 is 56.8 Å². The molecule has 0 radical (unpaired) electrons. The first-order valence-corrected chi connectivity index (χ1v) is 3.93. The summed E-state index contributed by atoms with van der Waals surface area (Å²) in [6, 6.07) is 1.49. The van der Waals surface area contributed by atoms with E-state index in [2.05, 4.69) is 0 Å². The molecule has 0 heterocycles. The first kappa shape index (κ1) is 15.2. The van der Waals surface area contributed by atoms with Gasteiger partial charge in [-0.1, -0.05) is 34.7 Å². The number of hydrogen-bond acceptors (Lipinski definition) is 0. The van der Waals surface area contributed by atoms with Crippen LogP contribution in [0.5, 0.6) is 0 Å². The van der Waals surface area contributed by atoms with Gasteiger partial charge in [-0.25, -0.2) is 4.39 Å². The molecule has 0 aliphatic carbocycles. The van der Waals surface area contributed by atoms with Gasteiger partial charge in [-0.2, -0.15) is 0 Å². The monoisotopic (exact) mass is 270 g/mol. The Morgan fingerprint density at radius 3 is 2.00 bits per heavy atom. The van der Waals surface area contributed by atoms with Crippen LogP contribution in [0.15, 0.2) is 12.1 Å². The van der Waals surface area contributed by atoms with E-state index in [1.807, 2.05) is 0 Å². The summed E-state index contributed by atoms with van der Waals surface area (Å²) >= 11 is 10.5. The summed E-state index contributed by atoms with van der Waals surface area (Å²) in [5.41, 5.74) is -1.35. The van der Waals surface area contributed by atoms with Crippen molar-refractivity contribution in [3.05, 3.63) is 28.0 Å². The predicted molar refractivity (Wildman–Crippen MR) is 45.1 cm³/mol. The molecule has 0 aromatic heterocycles. The average Bonchev–Trinajstić information content (AvgIpc) is 1.98. The fourth-order valence-electron chi connectivity index (χ4n) is 0.794. The maximum absolute atomic E-state index is 12.8. The standard InChI is InChI=1S/C6H2BCl2F4.K/c8-4-2-1-3(7(11,12)13)6(10)5(4)9;/h1-2H;/q-1;+1. The van der Waals surface area contributed by atoms with E-state index in [4.69, 9.17) is 23.2 Å². The van der Waals surface area contributed by atoms with Crippen molar-refractivity contribution in [2.24, 2.45) is 0 Å².